The molecule has 0 bridgehead atoms. The Kier molecular flexibility index (Phi) is 8.40. The number of nitrogens with zero attached hydrogens (tertiary/aromatic N) is 3. The van der Waals surface area contributed by atoms with Gasteiger partial charge in [0.1, 0.15) is 28.9 Å². The normalized spacial score (nSPS) is 15.0. The fraction of sp³-hybridized carbons (Fsp3) is 0.233. The van der Waals surface area contributed by atoms with Crippen LogP contribution in [-0.2, 0) is 16.1 Å². The van der Waals surface area contributed by atoms with Crippen LogP contribution in [0, 0.1) is 0 Å². The van der Waals surface area contributed by atoms with Crippen molar-refractivity contribution in [1.29, 1.82) is 0 Å². The van der Waals surface area contributed by atoms with Crippen molar-refractivity contribution in [1.82, 2.24) is 4.57 Å². The number of furan rings is 1. The number of aromatic nitrogens is 1. The van der Waals surface area contributed by atoms with Gasteiger partial charge in [-0.1, -0.05) is 52.7 Å². The minimum Gasteiger partial charge on any atom is -0.484 e. The molecule has 0 saturated heterocycles. The predicted molar refractivity (Wildman–Crippen MR) is 161 cm³/mol. The van der Waals surface area contributed by atoms with Crippen LogP contribution in [0.3, 0.4) is 0 Å². The van der Waals surface area contributed by atoms with Crippen LogP contribution in [0.5, 0.6) is 5.75 Å². The maximum absolute atomic E-state index is 13.8. The number of hydrogen-bond donors (Lipinski definition) is 0. The largest absolute Gasteiger partial charge is 0.484 e. The Bertz CT molecular complexity index is 1820. The smallest absolute Gasteiger partial charge is 0.338 e. The van der Waals surface area contributed by atoms with Crippen LogP contribution in [-0.4, -0.2) is 31.2 Å². The van der Waals surface area contributed by atoms with Crippen molar-refractivity contribution < 1.29 is 18.7 Å². The molecule has 0 fully saturated rings. The Hall–Kier alpha value is -3.79. The van der Waals surface area contributed by atoms with E-state index in [0.717, 1.165) is 11.3 Å². The van der Waals surface area contributed by atoms with E-state index in [1.54, 1.807) is 54.8 Å². The topological polar surface area (TPSA) is 86.3 Å². The molecule has 5 rings (SSSR count). The Labute approximate surface area is 250 Å². The Morgan fingerprint density at radius 1 is 1.15 bits per heavy atom. The number of allylic oxidation sites excluding steroid dienone is 1. The molecule has 2 aromatic carbocycles. The standard InChI is InChI=1S/C30H27Cl2N3O5S/c1-5-38-29(37)25-17(2)33-30-35(27(25)18-9-11-19(12-10-18)34(3)4)28(36)24(41-30)15-20-13-14-21(40-20)16-39-23-8-6-7-22(31)26(23)32/h6-15,27H,5,16H2,1-4H3/t27-/m0/s1. The lowest BCUT2D eigenvalue weighted by molar-refractivity contribution is -0.139. The number of carbonyl (C=O) groups is 1. The van der Waals surface area contributed by atoms with Crippen molar-refractivity contribution >= 4 is 52.3 Å². The van der Waals surface area contributed by atoms with Gasteiger partial charge in [-0.05, 0) is 55.8 Å². The predicted octanol–water partition coefficient (Wildman–Crippen LogP) is 5.34. The zero-order valence-electron chi connectivity index (χ0n) is 22.8. The van der Waals surface area contributed by atoms with E-state index in [1.165, 1.54) is 11.3 Å². The summed E-state index contributed by atoms with van der Waals surface area (Å²) in [6.45, 7) is 3.84. The molecular weight excluding hydrogens is 585 g/mol. The fourth-order valence-corrected chi connectivity index (χ4v) is 5.86. The van der Waals surface area contributed by atoms with Crippen LogP contribution in [0.15, 0.2) is 80.1 Å². The molecule has 3 heterocycles. The van der Waals surface area contributed by atoms with Crippen LogP contribution in [0.4, 0.5) is 5.69 Å². The summed E-state index contributed by atoms with van der Waals surface area (Å²) in [5, 5.41) is 0.721. The van der Waals surface area contributed by atoms with E-state index in [2.05, 4.69) is 4.99 Å². The first-order chi connectivity index (χ1) is 19.7. The van der Waals surface area contributed by atoms with Gasteiger partial charge in [0.25, 0.3) is 5.56 Å². The highest BCUT2D eigenvalue weighted by Crippen LogP contribution is 2.33. The van der Waals surface area contributed by atoms with Gasteiger partial charge < -0.3 is 18.8 Å². The van der Waals surface area contributed by atoms with Gasteiger partial charge in [-0.25, -0.2) is 9.79 Å². The molecule has 0 spiro atoms. The number of carbonyl (C=O) groups excluding carboxylic acids is 1. The van der Waals surface area contributed by atoms with Crippen molar-refractivity contribution in [3.05, 3.63) is 113 Å². The van der Waals surface area contributed by atoms with Crippen molar-refractivity contribution in [2.75, 3.05) is 25.6 Å². The third-order valence-corrected chi connectivity index (χ3v) is 8.27. The van der Waals surface area contributed by atoms with Crippen molar-refractivity contribution in [2.24, 2.45) is 4.99 Å². The summed E-state index contributed by atoms with van der Waals surface area (Å²) in [5.74, 6) is 0.954. The molecule has 0 N–H and O–H groups in total. The zero-order chi connectivity index (χ0) is 29.3. The summed E-state index contributed by atoms with van der Waals surface area (Å²) in [7, 11) is 3.90. The monoisotopic (exact) mass is 611 g/mol. The van der Waals surface area contributed by atoms with E-state index < -0.39 is 12.0 Å². The summed E-state index contributed by atoms with van der Waals surface area (Å²) in [6.07, 6.45) is 1.66. The average Bonchev–Trinajstić information content (AvgIpc) is 3.52. The number of hydrogen-bond acceptors (Lipinski definition) is 8. The molecule has 0 saturated carbocycles. The first-order valence-corrected chi connectivity index (χ1v) is 14.4. The second kappa shape index (κ2) is 12.0. The number of esters is 1. The lowest BCUT2D eigenvalue weighted by Gasteiger charge is -2.25. The van der Waals surface area contributed by atoms with Gasteiger partial charge in [-0.15, -0.1) is 0 Å². The van der Waals surface area contributed by atoms with E-state index in [-0.39, 0.29) is 18.8 Å². The highest BCUT2D eigenvalue weighted by Gasteiger charge is 2.33. The molecule has 0 radical (unpaired) electrons. The van der Waals surface area contributed by atoms with Crippen molar-refractivity contribution in [3.63, 3.8) is 0 Å². The minimum absolute atomic E-state index is 0.125. The van der Waals surface area contributed by atoms with Crippen LogP contribution in [0.25, 0.3) is 6.08 Å². The molecular formula is C30H27Cl2N3O5S. The lowest BCUT2D eigenvalue weighted by Crippen LogP contribution is -2.39. The van der Waals surface area contributed by atoms with Gasteiger partial charge in [0.2, 0.25) is 0 Å². The third-order valence-electron chi connectivity index (χ3n) is 6.48. The SMILES string of the molecule is CCOC(=O)C1=C(C)N=c2sc(=Cc3ccc(COc4cccc(Cl)c4Cl)o3)c(=O)n2[C@H]1c1ccc(N(C)C)cc1. The van der Waals surface area contributed by atoms with Gasteiger partial charge in [-0.3, -0.25) is 9.36 Å². The molecule has 0 unspecified atom stereocenters. The van der Waals surface area contributed by atoms with Gasteiger partial charge in [-0.2, -0.15) is 0 Å². The third kappa shape index (κ3) is 5.84. The Morgan fingerprint density at radius 3 is 2.61 bits per heavy atom. The minimum atomic E-state index is -0.688. The van der Waals surface area contributed by atoms with Gasteiger partial charge in [0.05, 0.1) is 33.5 Å². The maximum Gasteiger partial charge on any atom is 0.338 e. The number of benzene rings is 2. The number of anilines is 1. The second-order valence-electron chi connectivity index (χ2n) is 9.43. The Morgan fingerprint density at radius 2 is 1.90 bits per heavy atom. The fourth-order valence-electron chi connectivity index (χ4n) is 4.48. The van der Waals surface area contributed by atoms with E-state index in [9.17, 15) is 9.59 Å². The molecule has 8 nitrogen and oxygen atoms in total. The summed E-state index contributed by atoms with van der Waals surface area (Å²) >= 11 is 13.5. The molecule has 2 aromatic heterocycles. The Balaban J connectivity index is 1.51. The molecule has 0 amide bonds. The first-order valence-electron chi connectivity index (χ1n) is 12.8. The summed E-state index contributed by atoms with van der Waals surface area (Å²) < 4.78 is 19.0. The molecule has 1 aliphatic rings. The molecule has 41 heavy (non-hydrogen) atoms. The summed E-state index contributed by atoms with van der Waals surface area (Å²) in [5.41, 5.74) is 2.33. The highest BCUT2D eigenvalue weighted by molar-refractivity contribution is 7.07. The highest BCUT2D eigenvalue weighted by atomic mass is 35.5. The molecule has 4 aromatic rings. The van der Waals surface area contributed by atoms with Crippen molar-refractivity contribution in [3.8, 4) is 5.75 Å². The summed E-state index contributed by atoms with van der Waals surface area (Å²) in [6, 6.07) is 15.7. The first kappa shape index (κ1) is 28.7. The molecule has 1 aliphatic heterocycles. The molecule has 1 atom stereocenters. The second-order valence-corrected chi connectivity index (χ2v) is 11.2. The number of rotatable bonds is 8. The van der Waals surface area contributed by atoms with E-state index in [4.69, 9.17) is 37.1 Å². The quantitative estimate of drug-likeness (QED) is 0.250. The van der Waals surface area contributed by atoms with Crippen LogP contribution in [0.2, 0.25) is 10.0 Å². The number of fused-ring (bicyclic) bond motifs is 1. The maximum atomic E-state index is 13.8. The number of thiazole rings is 1. The van der Waals surface area contributed by atoms with E-state index >= 15 is 0 Å². The molecule has 0 aliphatic carbocycles. The average molecular weight is 613 g/mol. The zero-order valence-corrected chi connectivity index (χ0v) is 25.1. The van der Waals surface area contributed by atoms with Crippen LogP contribution < -0.4 is 24.5 Å². The summed E-state index contributed by atoms with van der Waals surface area (Å²) in [4.78, 5) is 34.0. The van der Waals surface area contributed by atoms with E-state index in [1.807, 2.05) is 43.3 Å². The van der Waals surface area contributed by atoms with Gasteiger partial charge >= 0.3 is 5.97 Å². The lowest BCUT2D eigenvalue weighted by atomic mass is 9.95. The van der Waals surface area contributed by atoms with Crippen molar-refractivity contribution in [2.45, 2.75) is 26.5 Å². The molecule has 212 valence electrons. The van der Waals surface area contributed by atoms with Crippen LogP contribution in [0.1, 0.15) is 37.0 Å². The number of ether oxygens (including phenoxy) is 2. The number of halogens is 2. The molecule has 11 heteroatoms. The van der Waals surface area contributed by atoms with Crippen LogP contribution >= 0.6 is 34.5 Å². The van der Waals surface area contributed by atoms with E-state index in [0.29, 0.717) is 47.9 Å². The van der Waals surface area contributed by atoms with Gasteiger partial charge in [0.15, 0.2) is 4.80 Å². The van der Waals surface area contributed by atoms with Gasteiger partial charge in [0, 0.05) is 25.9 Å².